The van der Waals surface area contributed by atoms with Crippen LogP contribution < -0.4 is 5.32 Å². The van der Waals surface area contributed by atoms with E-state index in [4.69, 9.17) is 0 Å². The molecule has 0 aliphatic carbocycles. The van der Waals surface area contributed by atoms with Crippen LogP contribution in [0, 0.1) is 12.7 Å². The standard InChI is InChI=1S/C15H17FN2/c1-10-6-12(9-18-8-10)15-7-13(16)4-5-14(15)11(2)17-3/h4-9,11,17H,1-3H3. The lowest BCUT2D eigenvalue weighted by Gasteiger charge is -2.16. The van der Waals surface area contributed by atoms with Gasteiger partial charge in [-0.3, -0.25) is 4.98 Å². The molecule has 0 aliphatic rings. The largest absolute Gasteiger partial charge is 0.313 e. The molecule has 0 bridgehead atoms. The Morgan fingerprint density at radius 1 is 1.22 bits per heavy atom. The zero-order valence-electron chi connectivity index (χ0n) is 10.9. The van der Waals surface area contributed by atoms with E-state index in [1.54, 1.807) is 18.5 Å². The summed E-state index contributed by atoms with van der Waals surface area (Å²) in [5.41, 5.74) is 3.99. The highest BCUT2D eigenvalue weighted by Gasteiger charge is 2.12. The topological polar surface area (TPSA) is 24.9 Å². The van der Waals surface area contributed by atoms with Crippen molar-refractivity contribution in [3.8, 4) is 11.1 Å². The van der Waals surface area contributed by atoms with Crippen molar-refractivity contribution >= 4 is 0 Å². The number of aryl methyl sites for hydroxylation is 1. The highest BCUT2D eigenvalue weighted by atomic mass is 19.1. The van der Waals surface area contributed by atoms with Crippen molar-refractivity contribution < 1.29 is 4.39 Å². The van der Waals surface area contributed by atoms with Gasteiger partial charge in [0.05, 0.1) is 0 Å². The molecular weight excluding hydrogens is 227 g/mol. The summed E-state index contributed by atoms with van der Waals surface area (Å²) < 4.78 is 13.5. The van der Waals surface area contributed by atoms with E-state index in [1.165, 1.54) is 6.07 Å². The fourth-order valence-corrected chi connectivity index (χ4v) is 2.01. The maximum atomic E-state index is 13.5. The van der Waals surface area contributed by atoms with E-state index >= 15 is 0 Å². The lowest BCUT2D eigenvalue weighted by atomic mass is 9.96. The van der Waals surface area contributed by atoms with Gasteiger partial charge in [0.15, 0.2) is 0 Å². The number of aromatic nitrogens is 1. The molecule has 2 aromatic rings. The summed E-state index contributed by atoms with van der Waals surface area (Å²) in [5, 5.41) is 3.18. The van der Waals surface area contributed by atoms with E-state index in [2.05, 4.69) is 17.2 Å². The van der Waals surface area contributed by atoms with E-state index < -0.39 is 0 Å². The zero-order chi connectivity index (χ0) is 13.1. The first-order valence-corrected chi connectivity index (χ1v) is 6.00. The van der Waals surface area contributed by atoms with Crippen LogP contribution in [0.25, 0.3) is 11.1 Å². The SMILES string of the molecule is CNC(C)c1ccc(F)cc1-c1cncc(C)c1. The summed E-state index contributed by atoms with van der Waals surface area (Å²) in [5.74, 6) is -0.224. The predicted molar refractivity (Wildman–Crippen MR) is 71.8 cm³/mol. The molecule has 3 heteroatoms. The smallest absolute Gasteiger partial charge is 0.123 e. The fraction of sp³-hybridized carbons (Fsp3) is 0.267. The minimum Gasteiger partial charge on any atom is -0.313 e. The maximum absolute atomic E-state index is 13.5. The monoisotopic (exact) mass is 244 g/mol. The number of halogens is 1. The average Bonchev–Trinajstić information content (AvgIpc) is 2.38. The van der Waals surface area contributed by atoms with Crippen LogP contribution in [0.15, 0.2) is 36.7 Å². The average molecular weight is 244 g/mol. The first-order chi connectivity index (χ1) is 8.61. The molecule has 2 rings (SSSR count). The summed E-state index contributed by atoms with van der Waals surface area (Å²) in [6, 6.07) is 7.08. The molecule has 18 heavy (non-hydrogen) atoms. The van der Waals surface area contributed by atoms with Gasteiger partial charge in [-0.15, -0.1) is 0 Å². The Labute approximate surface area is 107 Å². The third-order valence-electron chi connectivity index (χ3n) is 3.10. The van der Waals surface area contributed by atoms with Crippen LogP contribution in [0.2, 0.25) is 0 Å². The fourth-order valence-electron chi connectivity index (χ4n) is 2.01. The molecule has 0 radical (unpaired) electrons. The Bertz CT molecular complexity index is 552. The normalized spacial score (nSPS) is 12.4. The van der Waals surface area contributed by atoms with Gasteiger partial charge in [-0.1, -0.05) is 6.07 Å². The summed E-state index contributed by atoms with van der Waals surface area (Å²) >= 11 is 0. The van der Waals surface area contributed by atoms with Crippen molar-refractivity contribution in [1.82, 2.24) is 10.3 Å². The molecule has 2 nitrogen and oxygen atoms in total. The number of hydrogen-bond acceptors (Lipinski definition) is 2. The summed E-state index contributed by atoms with van der Waals surface area (Å²) in [6.07, 6.45) is 3.57. The molecule has 0 spiro atoms. The molecule has 1 aromatic carbocycles. The van der Waals surface area contributed by atoms with Crippen molar-refractivity contribution in [1.29, 1.82) is 0 Å². The van der Waals surface area contributed by atoms with Crippen molar-refractivity contribution in [2.75, 3.05) is 7.05 Å². The van der Waals surface area contributed by atoms with Crippen LogP contribution in [0.1, 0.15) is 24.1 Å². The van der Waals surface area contributed by atoms with Crippen molar-refractivity contribution in [2.24, 2.45) is 0 Å². The molecular formula is C15H17FN2. The van der Waals surface area contributed by atoms with Crippen LogP contribution in [0.5, 0.6) is 0 Å². The summed E-state index contributed by atoms with van der Waals surface area (Å²) in [7, 11) is 1.90. The first-order valence-electron chi connectivity index (χ1n) is 6.00. The Kier molecular flexibility index (Phi) is 3.72. The van der Waals surface area contributed by atoms with Gasteiger partial charge in [-0.05, 0) is 55.8 Å². The van der Waals surface area contributed by atoms with Crippen LogP contribution in [-0.2, 0) is 0 Å². The minimum absolute atomic E-state index is 0.168. The second-order valence-corrected chi connectivity index (χ2v) is 4.49. The van der Waals surface area contributed by atoms with Crippen molar-refractivity contribution in [2.45, 2.75) is 19.9 Å². The zero-order valence-corrected chi connectivity index (χ0v) is 10.9. The number of benzene rings is 1. The Morgan fingerprint density at radius 2 is 2.00 bits per heavy atom. The first kappa shape index (κ1) is 12.7. The van der Waals surface area contributed by atoms with E-state index in [0.717, 1.165) is 22.3 Å². The van der Waals surface area contributed by atoms with Crippen LogP contribution >= 0.6 is 0 Å². The molecule has 0 saturated heterocycles. The van der Waals surface area contributed by atoms with E-state index in [1.807, 2.05) is 26.1 Å². The van der Waals surface area contributed by atoms with Gasteiger partial charge in [0.2, 0.25) is 0 Å². The van der Waals surface area contributed by atoms with Gasteiger partial charge in [0, 0.05) is 24.0 Å². The van der Waals surface area contributed by atoms with Gasteiger partial charge in [0.1, 0.15) is 5.82 Å². The predicted octanol–water partition coefficient (Wildman–Crippen LogP) is 3.48. The number of nitrogens with one attached hydrogen (secondary N) is 1. The molecule has 0 saturated carbocycles. The van der Waals surface area contributed by atoms with Crippen LogP contribution in [0.4, 0.5) is 4.39 Å². The highest BCUT2D eigenvalue weighted by Crippen LogP contribution is 2.28. The number of rotatable bonds is 3. The molecule has 1 atom stereocenters. The van der Waals surface area contributed by atoms with E-state index in [9.17, 15) is 4.39 Å². The quantitative estimate of drug-likeness (QED) is 0.894. The lowest BCUT2D eigenvalue weighted by Crippen LogP contribution is -2.13. The second kappa shape index (κ2) is 5.27. The van der Waals surface area contributed by atoms with Gasteiger partial charge in [-0.2, -0.15) is 0 Å². The third kappa shape index (κ3) is 2.57. The summed E-state index contributed by atoms with van der Waals surface area (Å²) in [6.45, 7) is 4.04. The molecule has 0 fully saturated rings. The molecule has 1 N–H and O–H groups in total. The molecule has 0 aliphatic heterocycles. The van der Waals surface area contributed by atoms with E-state index in [-0.39, 0.29) is 11.9 Å². The molecule has 0 amide bonds. The van der Waals surface area contributed by atoms with Gasteiger partial charge >= 0.3 is 0 Å². The van der Waals surface area contributed by atoms with E-state index in [0.29, 0.717) is 0 Å². The van der Waals surface area contributed by atoms with Crippen LogP contribution in [-0.4, -0.2) is 12.0 Å². The number of pyridine rings is 1. The van der Waals surface area contributed by atoms with Gasteiger partial charge < -0.3 is 5.32 Å². The number of nitrogens with zero attached hydrogens (tertiary/aromatic N) is 1. The van der Waals surface area contributed by atoms with Gasteiger partial charge in [0.25, 0.3) is 0 Å². The third-order valence-corrected chi connectivity index (χ3v) is 3.10. The Morgan fingerprint density at radius 3 is 2.67 bits per heavy atom. The van der Waals surface area contributed by atoms with Crippen LogP contribution in [0.3, 0.4) is 0 Å². The molecule has 1 aromatic heterocycles. The number of hydrogen-bond donors (Lipinski definition) is 1. The Balaban J connectivity index is 2.58. The molecule has 94 valence electrons. The lowest BCUT2D eigenvalue weighted by molar-refractivity contribution is 0.620. The highest BCUT2D eigenvalue weighted by molar-refractivity contribution is 5.67. The second-order valence-electron chi connectivity index (χ2n) is 4.49. The minimum atomic E-state index is -0.224. The van der Waals surface area contributed by atoms with Crippen molar-refractivity contribution in [3.05, 3.63) is 53.6 Å². The maximum Gasteiger partial charge on any atom is 0.123 e. The Hall–Kier alpha value is -1.74. The molecule has 1 heterocycles. The molecule has 1 unspecified atom stereocenters. The van der Waals surface area contributed by atoms with Gasteiger partial charge in [-0.25, -0.2) is 4.39 Å². The van der Waals surface area contributed by atoms with Crippen molar-refractivity contribution in [3.63, 3.8) is 0 Å². The summed E-state index contributed by atoms with van der Waals surface area (Å²) in [4.78, 5) is 4.17.